The lowest BCUT2D eigenvalue weighted by molar-refractivity contribution is 0.216. The summed E-state index contributed by atoms with van der Waals surface area (Å²) < 4.78 is 26.4. The van der Waals surface area contributed by atoms with Crippen LogP contribution in [-0.4, -0.2) is 36.1 Å². The van der Waals surface area contributed by atoms with Crippen LogP contribution in [0.15, 0.2) is 11.2 Å². The molecule has 6 nitrogen and oxygen atoms in total. The van der Waals surface area contributed by atoms with Crippen LogP contribution in [0.25, 0.3) is 0 Å². The van der Waals surface area contributed by atoms with E-state index in [2.05, 4.69) is 14.7 Å². The van der Waals surface area contributed by atoms with Gasteiger partial charge in [0.1, 0.15) is 5.82 Å². The number of hydrogen-bond donors (Lipinski definition) is 3. The molecule has 0 aliphatic carbocycles. The number of aromatic amines is 1. The van der Waals surface area contributed by atoms with Gasteiger partial charge in [-0.25, -0.2) is 18.1 Å². The van der Waals surface area contributed by atoms with Crippen LogP contribution in [0.2, 0.25) is 0 Å². The van der Waals surface area contributed by atoms with Gasteiger partial charge in [0.2, 0.25) is 0 Å². The van der Waals surface area contributed by atoms with Gasteiger partial charge >= 0.3 is 0 Å². The Hall–Kier alpha value is -0.920. The van der Waals surface area contributed by atoms with Crippen LogP contribution in [0.5, 0.6) is 0 Å². The summed E-state index contributed by atoms with van der Waals surface area (Å²) in [6.45, 7) is 5.32. The third-order valence-electron chi connectivity index (χ3n) is 2.71. The molecule has 0 bridgehead atoms. The number of hydrogen-bond acceptors (Lipinski definition) is 4. The molecule has 98 valence electrons. The summed E-state index contributed by atoms with van der Waals surface area (Å²) in [6.07, 6.45) is 1.95. The zero-order valence-corrected chi connectivity index (χ0v) is 11.1. The Morgan fingerprint density at radius 2 is 2.18 bits per heavy atom. The van der Waals surface area contributed by atoms with Crippen LogP contribution in [0.3, 0.4) is 0 Å². The van der Waals surface area contributed by atoms with Crippen molar-refractivity contribution in [1.29, 1.82) is 0 Å². The predicted octanol–water partition coefficient (Wildman–Crippen LogP) is 0.267. The molecule has 2 unspecified atom stereocenters. The highest BCUT2D eigenvalue weighted by Gasteiger charge is 2.22. The van der Waals surface area contributed by atoms with Crippen molar-refractivity contribution in [2.24, 2.45) is 5.92 Å². The smallest absolute Gasteiger partial charge is 0.257 e. The van der Waals surface area contributed by atoms with Crippen molar-refractivity contribution in [3.63, 3.8) is 0 Å². The van der Waals surface area contributed by atoms with Crippen LogP contribution in [0.1, 0.15) is 26.6 Å². The molecule has 1 aromatic heterocycles. The maximum absolute atomic E-state index is 11.9. The molecule has 0 aromatic carbocycles. The highest BCUT2D eigenvalue weighted by Crippen LogP contribution is 2.09. The van der Waals surface area contributed by atoms with Crippen molar-refractivity contribution in [3.8, 4) is 0 Å². The minimum atomic E-state index is -3.58. The lowest BCUT2D eigenvalue weighted by Crippen LogP contribution is -2.38. The first kappa shape index (κ1) is 14.1. The molecule has 0 spiro atoms. The van der Waals surface area contributed by atoms with E-state index >= 15 is 0 Å². The molecule has 0 amide bonds. The second-order valence-corrected chi connectivity index (χ2v) is 5.80. The molecule has 0 aliphatic rings. The Balaban J connectivity index is 2.81. The summed E-state index contributed by atoms with van der Waals surface area (Å²) in [7, 11) is -3.58. The summed E-state index contributed by atoms with van der Waals surface area (Å²) in [6, 6.07) is -0.335. The molecular weight excluding hydrogens is 242 g/mol. The normalized spacial score (nSPS) is 15.8. The maximum Gasteiger partial charge on any atom is 0.257 e. The average Bonchev–Trinajstić information content (AvgIpc) is 2.76. The van der Waals surface area contributed by atoms with Crippen LogP contribution in [0.4, 0.5) is 0 Å². The fraction of sp³-hybridized carbons (Fsp3) is 0.700. The van der Waals surface area contributed by atoms with Gasteiger partial charge in [-0.3, -0.25) is 0 Å². The van der Waals surface area contributed by atoms with Gasteiger partial charge in [0.05, 0.1) is 6.20 Å². The molecule has 0 radical (unpaired) electrons. The van der Waals surface area contributed by atoms with Gasteiger partial charge in [0, 0.05) is 19.1 Å². The number of rotatable bonds is 6. The fourth-order valence-electron chi connectivity index (χ4n) is 1.24. The van der Waals surface area contributed by atoms with Gasteiger partial charge < -0.3 is 10.1 Å². The van der Waals surface area contributed by atoms with Crippen molar-refractivity contribution in [2.45, 2.75) is 38.3 Å². The van der Waals surface area contributed by atoms with E-state index in [0.29, 0.717) is 12.2 Å². The van der Waals surface area contributed by atoms with Gasteiger partial charge in [-0.05, 0) is 12.8 Å². The van der Waals surface area contributed by atoms with Crippen molar-refractivity contribution in [3.05, 3.63) is 12.0 Å². The van der Waals surface area contributed by atoms with Gasteiger partial charge in [-0.1, -0.05) is 13.8 Å². The van der Waals surface area contributed by atoms with Crippen LogP contribution in [-0.2, 0) is 16.4 Å². The van der Waals surface area contributed by atoms with Gasteiger partial charge in [-0.15, -0.1) is 0 Å². The zero-order valence-electron chi connectivity index (χ0n) is 10.3. The highest BCUT2D eigenvalue weighted by atomic mass is 32.2. The van der Waals surface area contributed by atoms with E-state index < -0.39 is 10.0 Å². The summed E-state index contributed by atoms with van der Waals surface area (Å²) in [5.74, 6) is 0.492. The summed E-state index contributed by atoms with van der Waals surface area (Å²) in [4.78, 5) is 6.69. The monoisotopic (exact) mass is 261 g/mol. The molecule has 1 aromatic rings. The van der Waals surface area contributed by atoms with Crippen molar-refractivity contribution < 1.29 is 13.5 Å². The van der Waals surface area contributed by atoms with E-state index in [-0.39, 0.29) is 23.6 Å². The van der Waals surface area contributed by atoms with E-state index in [4.69, 9.17) is 5.11 Å². The number of aromatic nitrogens is 2. The van der Waals surface area contributed by atoms with E-state index in [1.807, 2.05) is 6.92 Å². The molecule has 7 heteroatoms. The van der Waals surface area contributed by atoms with Crippen molar-refractivity contribution >= 4 is 10.0 Å². The number of aryl methyl sites for hydroxylation is 1. The van der Waals surface area contributed by atoms with E-state index in [1.54, 1.807) is 13.8 Å². The number of aliphatic hydroxyl groups is 1. The van der Waals surface area contributed by atoms with Crippen molar-refractivity contribution in [2.75, 3.05) is 6.61 Å². The van der Waals surface area contributed by atoms with E-state index in [1.165, 1.54) is 6.20 Å². The van der Waals surface area contributed by atoms with Crippen molar-refractivity contribution in [1.82, 2.24) is 14.7 Å². The number of nitrogens with one attached hydrogen (secondary N) is 2. The maximum atomic E-state index is 11.9. The van der Waals surface area contributed by atoms with E-state index in [9.17, 15) is 8.42 Å². The molecule has 1 heterocycles. The Morgan fingerprint density at radius 1 is 1.53 bits per heavy atom. The molecule has 1 rings (SSSR count). The molecule has 2 atom stereocenters. The first-order valence-corrected chi connectivity index (χ1v) is 7.06. The minimum absolute atomic E-state index is 0.0614. The Kier molecular flexibility index (Phi) is 4.67. The largest absolute Gasteiger partial charge is 0.396 e. The number of imidazole rings is 1. The molecule has 0 fully saturated rings. The first-order chi connectivity index (χ1) is 7.90. The second-order valence-electron chi connectivity index (χ2n) is 4.12. The summed E-state index contributed by atoms with van der Waals surface area (Å²) in [5, 5.41) is 9.02. The Morgan fingerprint density at radius 3 is 2.65 bits per heavy atom. The summed E-state index contributed by atoms with van der Waals surface area (Å²) in [5.41, 5.74) is 0. The first-order valence-electron chi connectivity index (χ1n) is 5.57. The Labute approximate surface area is 102 Å². The predicted molar refractivity (Wildman–Crippen MR) is 64.0 cm³/mol. The molecular formula is C10H19N3O3S. The molecule has 0 saturated heterocycles. The molecule has 17 heavy (non-hydrogen) atoms. The number of nitrogens with zero attached hydrogens (tertiary/aromatic N) is 1. The zero-order chi connectivity index (χ0) is 13.1. The van der Waals surface area contributed by atoms with Crippen LogP contribution < -0.4 is 4.72 Å². The Bertz CT molecular complexity index is 455. The van der Waals surface area contributed by atoms with Gasteiger partial charge in [0.15, 0.2) is 5.03 Å². The third-order valence-corrected chi connectivity index (χ3v) is 4.18. The number of sulfonamides is 1. The third kappa shape index (κ3) is 3.52. The quantitative estimate of drug-likeness (QED) is 0.685. The standard InChI is InChI=1S/C10H19N3O3S/c1-4-9-11-5-10(12-9)17(15,16)13-8(3)7(2)6-14/h5,7-8,13-14H,4,6H2,1-3H3,(H,11,12). The lowest BCUT2D eigenvalue weighted by atomic mass is 10.1. The highest BCUT2D eigenvalue weighted by molar-refractivity contribution is 7.89. The molecule has 0 aliphatic heterocycles. The van der Waals surface area contributed by atoms with Crippen LogP contribution in [0, 0.1) is 5.92 Å². The number of H-pyrrole nitrogens is 1. The second kappa shape index (κ2) is 5.61. The topological polar surface area (TPSA) is 95.1 Å². The lowest BCUT2D eigenvalue weighted by Gasteiger charge is -2.18. The summed E-state index contributed by atoms with van der Waals surface area (Å²) >= 11 is 0. The SMILES string of the molecule is CCc1ncc(S(=O)(=O)NC(C)C(C)CO)[nH]1. The molecule has 3 N–H and O–H groups in total. The number of aliphatic hydroxyl groups excluding tert-OH is 1. The van der Waals surface area contributed by atoms with Gasteiger partial charge in [-0.2, -0.15) is 0 Å². The molecule has 0 saturated carbocycles. The minimum Gasteiger partial charge on any atom is -0.396 e. The van der Waals surface area contributed by atoms with Crippen LogP contribution >= 0.6 is 0 Å². The average molecular weight is 261 g/mol. The fourth-order valence-corrected chi connectivity index (χ4v) is 2.53. The van der Waals surface area contributed by atoms with E-state index in [0.717, 1.165) is 0 Å². The van der Waals surface area contributed by atoms with Gasteiger partial charge in [0.25, 0.3) is 10.0 Å².